The topological polar surface area (TPSA) is 56.0 Å². The molecule has 0 bridgehead atoms. The Labute approximate surface area is 97.9 Å². The van der Waals surface area contributed by atoms with Crippen LogP contribution in [0, 0.1) is 13.8 Å². The van der Waals surface area contributed by atoms with Gasteiger partial charge in [-0.05, 0) is 13.8 Å². The van der Waals surface area contributed by atoms with Crippen molar-refractivity contribution in [2.45, 2.75) is 13.8 Å². The lowest BCUT2D eigenvalue weighted by Gasteiger charge is -1.98. The number of benzene rings is 1. The predicted octanol–water partition coefficient (Wildman–Crippen LogP) is 2.53. The number of carbonyl (C=O) groups excluding carboxylic acids is 1. The third kappa shape index (κ3) is 1.97. The molecule has 2 rings (SSSR count). The Morgan fingerprint density at radius 2 is 1.88 bits per heavy atom. The largest absolute Gasteiger partial charge is 0.364 e. The van der Waals surface area contributed by atoms with E-state index in [-0.39, 0.29) is 0 Å². The first-order chi connectivity index (χ1) is 7.58. The summed E-state index contributed by atoms with van der Waals surface area (Å²) in [5.74, 6) is -0.466. The number of carbonyl (C=O) groups is 1. The highest BCUT2D eigenvalue weighted by Crippen LogP contribution is 2.27. The lowest BCUT2D eigenvalue weighted by molar-refractivity contribution is 0.1000. The molecule has 0 atom stereocenters. The van der Waals surface area contributed by atoms with Crippen LogP contribution in [0.2, 0.25) is 0 Å². The maximum atomic E-state index is 11.0. The summed E-state index contributed by atoms with van der Waals surface area (Å²) in [6.45, 7) is 3.98. The molecule has 0 spiro atoms. The van der Waals surface area contributed by atoms with Crippen LogP contribution in [0.4, 0.5) is 0 Å². The first-order valence-electron chi connectivity index (χ1n) is 4.92. The summed E-state index contributed by atoms with van der Waals surface area (Å²) in [4.78, 5) is 16.3. The molecule has 1 heterocycles. The van der Waals surface area contributed by atoms with Crippen molar-refractivity contribution in [3.8, 4) is 11.3 Å². The number of aromatic nitrogens is 1. The van der Waals surface area contributed by atoms with Crippen LogP contribution in [0.3, 0.4) is 0 Å². The summed E-state index contributed by atoms with van der Waals surface area (Å²) in [5.41, 5.74) is 8.27. The van der Waals surface area contributed by atoms with E-state index >= 15 is 0 Å². The second kappa shape index (κ2) is 4.06. The monoisotopic (exact) mass is 232 g/mol. The summed E-state index contributed by atoms with van der Waals surface area (Å²) in [7, 11) is 0. The Balaban J connectivity index is 2.47. The van der Waals surface area contributed by atoms with Crippen LogP contribution in [0.15, 0.2) is 24.3 Å². The van der Waals surface area contributed by atoms with E-state index in [2.05, 4.69) is 4.98 Å². The number of primary amides is 1. The first-order valence-corrected chi connectivity index (χ1v) is 5.74. The average Bonchev–Trinajstić information content (AvgIpc) is 2.62. The first kappa shape index (κ1) is 10.8. The Morgan fingerprint density at radius 3 is 2.38 bits per heavy atom. The third-order valence-electron chi connectivity index (χ3n) is 2.33. The van der Waals surface area contributed by atoms with Crippen molar-refractivity contribution in [3.63, 3.8) is 0 Å². The standard InChI is InChI=1S/C12H12N2OS/c1-7-3-5-9(6-4-7)10-8(2)16-12(14-10)11(13)15/h3-6H,1-2H3,(H2,13,15). The van der Waals surface area contributed by atoms with Crippen LogP contribution >= 0.6 is 11.3 Å². The van der Waals surface area contributed by atoms with Gasteiger partial charge in [-0.3, -0.25) is 4.79 Å². The molecule has 0 fully saturated rings. The van der Waals surface area contributed by atoms with Crippen molar-refractivity contribution in [1.82, 2.24) is 4.98 Å². The van der Waals surface area contributed by atoms with E-state index in [0.29, 0.717) is 5.01 Å². The number of nitrogens with zero attached hydrogens (tertiary/aromatic N) is 1. The Bertz CT molecular complexity index is 528. The number of thiazole rings is 1. The van der Waals surface area contributed by atoms with Gasteiger partial charge in [0.05, 0.1) is 5.69 Å². The molecular formula is C12H12N2OS. The average molecular weight is 232 g/mol. The van der Waals surface area contributed by atoms with E-state index < -0.39 is 5.91 Å². The van der Waals surface area contributed by atoms with Crippen LogP contribution in [-0.4, -0.2) is 10.9 Å². The van der Waals surface area contributed by atoms with Gasteiger partial charge in [0, 0.05) is 10.4 Å². The second-order valence-electron chi connectivity index (χ2n) is 3.65. The molecule has 1 aromatic heterocycles. The molecule has 0 radical (unpaired) electrons. The summed E-state index contributed by atoms with van der Waals surface area (Å²) in [6.07, 6.45) is 0. The molecule has 1 aromatic carbocycles. The molecule has 0 saturated heterocycles. The van der Waals surface area contributed by atoms with Gasteiger partial charge in [0.2, 0.25) is 0 Å². The summed E-state index contributed by atoms with van der Waals surface area (Å²) in [6, 6.07) is 8.06. The highest BCUT2D eigenvalue weighted by atomic mass is 32.1. The Kier molecular flexibility index (Phi) is 2.75. The van der Waals surface area contributed by atoms with Gasteiger partial charge in [-0.15, -0.1) is 11.3 Å². The van der Waals surface area contributed by atoms with Crippen molar-refractivity contribution in [2.75, 3.05) is 0 Å². The third-order valence-corrected chi connectivity index (χ3v) is 3.32. The van der Waals surface area contributed by atoms with E-state index in [1.54, 1.807) is 0 Å². The Hall–Kier alpha value is -1.68. The molecule has 2 aromatic rings. The van der Waals surface area contributed by atoms with Gasteiger partial charge in [-0.25, -0.2) is 4.98 Å². The molecule has 3 nitrogen and oxygen atoms in total. The molecule has 0 aliphatic rings. The molecule has 0 aliphatic carbocycles. The van der Waals surface area contributed by atoms with Crippen LogP contribution in [0.1, 0.15) is 20.2 Å². The van der Waals surface area contributed by atoms with E-state index in [9.17, 15) is 4.79 Å². The van der Waals surface area contributed by atoms with Gasteiger partial charge in [-0.2, -0.15) is 0 Å². The van der Waals surface area contributed by atoms with Crippen LogP contribution in [0.5, 0.6) is 0 Å². The maximum Gasteiger partial charge on any atom is 0.277 e. The fourth-order valence-electron chi connectivity index (χ4n) is 1.48. The van der Waals surface area contributed by atoms with Gasteiger partial charge in [-0.1, -0.05) is 29.8 Å². The fourth-order valence-corrected chi connectivity index (χ4v) is 2.27. The van der Waals surface area contributed by atoms with Crippen molar-refractivity contribution >= 4 is 17.2 Å². The van der Waals surface area contributed by atoms with Gasteiger partial charge in [0.1, 0.15) is 0 Å². The predicted molar refractivity (Wildman–Crippen MR) is 65.5 cm³/mol. The minimum absolute atomic E-state index is 0.369. The second-order valence-corrected chi connectivity index (χ2v) is 4.86. The number of rotatable bonds is 2. The minimum Gasteiger partial charge on any atom is -0.364 e. The Morgan fingerprint density at radius 1 is 1.25 bits per heavy atom. The maximum absolute atomic E-state index is 11.0. The molecule has 0 aliphatic heterocycles. The van der Waals surface area contributed by atoms with Gasteiger partial charge in [0.25, 0.3) is 5.91 Å². The van der Waals surface area contributed by atoms with Gasteiger partial charge >= 0.3 is 0 Å². The highest BCUT2D eigenvalue weighted by molar-refractivity contribution is 7.14. The summed E-state index contributed by atoms with van der Waals surface area (Å²) >= 11 is 1.34. The zero-order chi connectivity index (χ0) is 11.7. The summed E-state index contributed by atoms with van der Waals surface area (Å²) in [5, 5.41) is 0.369. The molecule has 16 heavy (non-hydrogen) atoms. The quantitative estimate of drug-likeness (QED) is 0.865. The van der Waals surface area contributed by atoms with Gasteiger partial charge in [0.15, 0.2) is 5.01 Å². The van der Waals surface area contributed by atoms with Crippen molar-refractivity contribution in [1.29, 1.82) is 0 Å². The van der Waals surface area contributed by atoms with E-state index in [4.69, 9.17) is 5.73 Å². The van der Waals surface area contributed by atoms with Crippen LogP contribution < -0.4 is 5.73 Å². The lowest BCUT2D eigenvalue weighted by Crippen LogP contribution is -2.10. The number of nitrogens with two attached hydrogens (primary N) is 1. The molecule has 4 heteroatoms. The summed E-state index contributed by atoms with van der Waals surface area (Å²) < 4.78 is 0. The normalized spacial score (nSPS) is 10.4. The van der Waals surface area contributed by atoms with Crippen LogP contribution in [0.25, 0.3) is 11.3 Å². The molecule has 0 saturated carbocycles. The molecular weight excluding hydrogens is 220 g/mol. The number of amides is 1. The van der Waals surface area contributed by atoms with Crippen molar-refractivity contribution < 1.29 is 4.79 Å². The van der Waals surface area contributed by atoms with Crippen molar-refractivity contribution in [2.24, 2.45) is 5.73 Å². The molecule has 0 unspecified atom stereocenters. The smallest absolute Gasteiger partial charge is 0.277 e. The molecule has 82 valence electrons. The van der Waals surface area contributed by atoms with Gasteiger partial charge < -0.3 is 5.73 Å². The zero-order valence-electron chi connectivity index (χ0n) is 9.15. The van der Waals surface area contributed by atoms with E-state index in [0.717, 1.165) is 16.1 Å². The molecule has 1 amide bonds. The molecule has 2 N–H and O–H groups in total. The van der Waals surface area contributed by atoms with Crippen molar-refractivity contribution in [3.05, 3.63) is 39.7 Å². The SMILES string of the molecule is Cc1ccc(-c2nc(C(N)=O)sc2C)cc1. The minimum atomic E-state index is -0.466. The number of aryl methyl sites for hydroxylation is 2. The zero-order valence-corrected chi connectivity index (χ0v) is 9.97. The lowest BCUT2D eigenvalue weighted by atomic mass is 10.1. The van der Waals surface area contributed by atoms with Crippen LogP contribution in [-0.2, 0) is 0 Å². The van der Waals surface area contributed by atoms with E-state index in [1.807, 2.05) is 38.1 Å². The van der Waals surface area contributed by atoms with E-state index in [1.165, 1.54) is 16.9 Å². The number of hydrogen-bond donors (Lipinski definition) is 1. The number of hydrogen-bond acceptors (Lipinski definition) is 3. The fraction of sp³-hybridized carbons (Fsp3) is 0.167. The highest BCUT2D eigenvalue weighted by Gasteiger charge is 2.12.